The van der Waals surface area contributed by atoms with E-state index in [-0.39, 0.29) is 17.9 Å². The Labute approximate surface area is 164 Å². The van der Waals surface area contributed by atoms with Crippen LogP contribution in [0, 0.1) is 20.8 Å². The van der Waals surface area contributed by atoms with E-state index >= 15 is 0 Å². The summed E-state index contributed by atoms with van der Waals surface area (Å²) in [5.74, 6) is 0.544. The number of aryl methyl sites for hydroxylation is 3. The van der Waals surface area contributed by atoms with Crippen LogP contribution in [0.25, 0.3) is 10.2 Å². The predicted molar refractivity (Wildman–Crippen MR) is 113 cm³/mol. The minimum absolute atomic E-state index is 0.0416. The maximum absolute atomic E-state index is 12.4. The molecule has 3 aromatic rings. The summed E-state index contributed by atoms with van der Waals surface area (Å²) in [5, 5.41) is 3.47. The topological polar surface area (TPSA) is 51.2 Å². The van der Waals surface area contributed by atoms with Crippen molar-refractivity contribution in [3.8, 4) is 5.75 Å². The number of benzene rings is 2. The number of thiazole rings is 1. The lowest BCUT2D eigenvalue weighted by atomic mass is 9.85. The van der Waals surface area contributed by atoms with Crippen molar-refractivity contribution in [3.63, 3.8) is 0 Å². The number of carbonyl (C=O) groups excluding carboxylic acids is 1. The molecule has 0 saturated carbocycles. The molecule has 1 aromatic heterocycles. The van der Waals surface area contributed by atoms with E-state index in [2.05, 4.69) is 63.1 Å². The maximum Gasteiger partial charge on any atom is 0.264 e. The molecule has 0 unspecified atom stereocenters. The van der Waals surface area contributed by atoms with Gasteiger partial charge in [-0.15, -0.1) is 0 Å². The third-order valence-corrected chi connectivity index (χ3v) is 5.30. The highest BCUT2D eigenvalue weighted by atomic mass is 32.1. The van der Waals surface area contributed by atoms with E-state index in [0.717, 1.165) is 27.1 Å². The second-order valence-electron chi connectivity index (χ2n) is 8.03. The third kappa shape index (κ3) is 4.48. The van der Waals surface area contributed by atoms with Gasteiger partial charge in [0.05, 0.1) is 10.2 Å². The number of fused-ring (bicyclic) bond motifs is 1. The van der Waals surface area contributed by atoms with Gasteiger partial charge in [0.2, 0.25) is 0 Å². The molecule has 0 saturated heterocycles. The molecule has 4 nitrogen and oxygen atoms in total. The van der Waals surface area contributed by atoms with Gasteiger partial charge in [0.1, 0.15) is 5.75 Å². The average molecular weight is 383 g/mol. The monoisotopic (exact) mass is 382 g/mol. The highest BCUT2D eigenvalue weighted by Gasteiger charge is 2.20. The van der Waals surface area contributed by atoms with Crippen LogP contribution < -0.4 is 10.1 Å². The van der Waals surface area contributed by atoms with Crippen molar-refractivity contribution in [2.24, 2.45) is 0 Å². The van der Waals surface area contributed by atoms with Crippen LogP contribution >= 0.6 is 11.3 Å². The largest absolute Gasteiger partial charge is 0.483 e. The van der Waals surface area contributed by atoms with E-state index in [1.54, 1.807) is 0 Å². The first-order chi connectivity index (χ1) is 12.6. The molecule has 1 heterocycles. The van der Waals surface area contributed by atoms with Crippen molar-refractivity contribution in [2.45, 2.75) is 47.0 Å². The van der Waals surface area contributed by atoms with Crippen molar-refractivity contribution in [1.82, 2.24) is 4.98 Å². The van der Waals surface area contributed by atoms with Gasteiger partial charge in [-0.25, -0.2) is 4.98 Å². The Kier molecular flexibility index (Phi) is 5.24. The van der Waals surface area contributed by atoms with Crippen molar-refractivity contribution < 1.29 is 9.53 Å². The summed E-state index contributed by atoms with van der Waals surface area (Å²) in [5.41, 5.74) is 5.47. The first-order valence-corrected chi connectivity index (χ1v) is 9.87. The van der Waals surface area contributed by atoms with E-state index in [9.17, 15) is 4.79 Å². The molecule has 27 heavy (non-hydrogen) atoms. The SMILES string of the molecule is Cc1ccc(OCC(=O)Nc2nc3c(C)cc(C)cc3s2)c(C(C)(C)C)c1. The standard InChI is InChI=1S/C22H26N2O2S/c1-13-7-8-17(16(10-13)22(4,5)6)26-12-19(25)23-21-24-20-15(3)9-14(2)11-18(20)27-21/h7-11H,12H2,1-6H3,(H,23,24,25). The molecular weight excluding hydrogens is 356 g/mol. The molecule has 0 aliphatic rings. The lowest BCUT2D eigenvalue weighted by Gasteiger charge is -2.23. The molecule has 0 spiro atoms. The number of nitrogens with zero attached hydrogens (tertiary/aromatic N) is 1. The minimum Gasteiger partial charge on any atom is -0.483 e. The van der Waals surface area contributed by atoms with Crippen molar-refractivity contribution in [1.29, 1.82) is 0 Å². The van der Waals surface area contributed by atoms with Gasteiger partial charge in [0.25, 0.3) is 5.91 Å². The summed E-state index contributed by atoms with van der Waals surface area (Å²) in [6, 6.07) is 10.2. The number of anilines is 1. The van der Waals surface area contributed by atoms with Crippen LogP contribution in [0.15, 0.2) is 30.3 Å². The van der Waals surface area contributed by atoms with Crippen LogP contribution in [0.1, 0.15) is 43.0 Å². The Morgan fingerprint density at radius 1 is 1.11 bits per heavy atom. The van der Waals surface area contributed by atoms with Crippen molar-refractivity contribution in [3.05, 3.63) is 52.6 Å². The van der Waals surface area contributed by atoms with E-state index in [1.165, 1.54) is 22.5 Å². The van der Waals surface area contributed by atoms with Crippen LogP contribution in [0.3, 0.4) is 0 Å². The first-order valence-electron chi connectivity index (χ1n) is 9.05. The molecule has 0 fully saturated rings. The van der Waals surface area contributed by atoms with Gasteiger partial charge < -0.3 is 4.74 Å². The zero-order valence-electron chi connectivity index (χ0n) is 16.8. The molecule has 0 aliphatic heterocycles. The average Bonchev–Trinajstić information content (AvgIpc) is 2.95. The van der Waals surface area contributed by atoms with Gasteiger partial charge in [0.15, 0.2) is 11.7 Å². The molecule has 3 rings (SSSR count). The quantitative estimate of drug-likeness (QED) is 0.645. The molecule has 142 valence electrons. The second-order valence-corrected chi connectivity index (χ2v) is 9.06. The van der Waals surface area contributed by atoms with Gasteiger partial charge in [-0.1, -0.05) is 55.9 Å². The number of ether oxygens (including phenoxy) is 1. The van der Waals surface area contributed by atoms with Crippen molar-refractivity contribution >= 4 is 32.6 Å². The molecule has 5 heteroatoms. The van der Waals surface area contributed by atoms with Crippen LogP contribution in [0.2, 0.25) is 0 Å². The van der Waals surface area contributed by atoms with E-state index in [4.69, 9.17) is 4.74 Å². The summed E-state index contributed by atoms with van der Waals surface area (Å²) >= 11 is 1.49. The molecule has 0 atom stereocenters. The van der Waals surface area contributed by atoms with Gasteiger partial charge in [-0.05, 0) is 55.0 Å². The normalized spacial score (nSPS) is 11.6. The molecule has 0 radical (unpaired) electrons. The number of carbonyl (C=O) groups is 1. The van der Waals surface area contributed by atoms with Gasteiger partial charge in [0, 0.05) is 0 Å². The predicted octanol–water partition coefficient (Wildman–Crippen LogP) is 5.54. The summed E-state index contributed by atoms with van der Waals surface area (Å²) < 4.78 is 6.92. The number of aromatic nitrogens is 1. The Balaban J connectivity index is 1.72. The zero-order valence-corrected chi connectivity index (χ0v) is 17.6. The Hall–Kier alpha value is -2.40. The highest BCUT2D eigenvalue weighted by Crippen LogP contribution is 2.32. The highest BCUT2D eigenvalue weighted by molar-refractivity contribution is 7.22. The van der Waals surface area contributed by atoms with E-state index in [0.29, 0.717) is 5.13 Å². The lowest BCUT2D eigenvalue weighted by molar-refractivity contribution is -0.118. The summed E-state index contributed by atoms with van der Waals surface area (Å²) in [6.45, 7) is 12.5. The molecule has 1 amide bonds. The van der Waals surface area contributed by atoms with Crippen LogP contribution in [-0.4, -0.2) is 17.5 Å². The van der Waals surface area contributed by atoms with Crippen LogP contribution in [0.5, 0.6) is 5.75 Å². The molecule has 0 aliphatic carbocycles. The molecular formula is C22H26N2O2S. The summed E-state index contributed by atoms with van der Waals surface area (Å²) in [4.78, 5) is 16.9. The number of rotatable bonds is 4. The maximum atomic E-state index is 12.4. The number of amides is 1. The van der Waals surface area contributed by atoms with Crippen LogP contribution in [-0.2, 0) is 10.2 Å². The van der Waals surface area contributed by atoms with Crippen molar-refractivity contribution in [2.75, 3.05) is 11.9 Å². The number of hydrogen-bond donors (Lipinski definition) is 1. The smallest absolute Gasteiger partial charge is 0.264 e. The fourth-order valence-electron chi connectivity index (χ4n) is 3.08. The van der Waals surface area contributed by atoms with Gasteiger partial charge in [-0.2, -0.15) is 0 Å². The second kappa shape index (κ2) is 7.31. The van der Waals surface area contributed by atoms with Gasteiger partial charge in [-0.3, -0.25) is 10.1 Å². The number of hydrogen-bond acceptors (Lipinski definition) is 4. The van der Waals surface area contributed by atoms with E-state index < -0.39 is 0 Å². The third-order valence-electron chi connectivity index (χ3n) is 4.38. The Morgan fingerprint density at radius 3 is 2.56 bits per heavy atom. The summed E-state index contributed by atoms with van der Waals surface area (Å²) in [6.07, 6.45) is 0. The fourth-order valence-corrected chi connectivity index (χ4v) is 4.14. The molecule has 1 N–H and O–H groups in total. The summed E-state index contributed by atoms with van der Waals surface area (Å²) in [7, 11) is 0. The number of nitrogens with one attached hydrogen (secondary N) is 1. The zero-order chi connectivity index (χ0) is 19.8. The van der Waals surface area contributed by atoms with Gasteiger partial charge >= 0.3 is 0 Å². The molecule has 0 bridgehead atoms. The Bertz CT molecular complexity index is 999. The van der Waals surface area contributed by atoms with E-state index in [1.807, 2.05) is 19.1 Å². The lowest BCUT2D eigenvalue weighted by Crippen LogP contribution is -2.22. The fraction of sp³-hybridized carbons (Fsp3) is 0.364. The molecule has 2 aromatic carbocycles. The first kappa shape index (κ1) is 19.4. The minimum atomic E-state index is -0.205. The van der Waals surface area contributed by atoms with Crippen LogP contribution in [0.4, 0.5) is 5.13 Å². The Morgan fingerprint density at radius 2 is 1.85 bits per heavy atom.